The van der Waals surface area contributed by atoms with Crippen molar-refractivity contribution in [3.63, 3.8) is 0 Å². The summed E-state index contributed by atoms with van der Waals surface area (Å²) in [4.78, 5) is 1.14. The highest BCUT2D eigenvalue weighted by Crippen LogP contribution is 2.30. The molecule has 0 N–H and O–H groups in total. The summed E-state index contributed by atoms with van der Waals surface area (Å²) in [6.07, 6.45) is -0.849. The molecule has 0 radical (unpaired) electrons. The molecular formula is C21H25F3O2S2. The Hall–Kier alpha value is -1.31. The van der Waals surface area contributed by atoms with Gasteiger partial charge in [-0.2, -0.15) is 13.2 Å². The lowest BCUT2D eigenvalue weighted by molar-refractivity contribution is -0.137. The highest BCUT2D eigenvalue weighted by molar-refractivity contribution is 7.99. The van der Waals surface area contributed by atoms with Crippen LogP contribution in [-0.4, -0.2) is 31.2 Å². The molecule has 1 unspecified atom stereocenters. The fourth-order valence-electron chi connectivity index (χ4n) is 2.70. The zero-order valence-corrected chi connectivity index (χ0v) is 17.8. The van der Waals surface area contributed by atoms with Gasteiger partial charge in [-0.3, -0.25) is 0 Å². The lowest BCUT2D eigenvalue weighted by atomic mass is 10.1. The number of alkyl halides is 3. The molecule has 0 fully saturated rings. The number of hydrogen-bond donors (Lipinski definition) is 0. The summed E-state index contributed by atoms with van der Waals surface area (Å²) in [6.45, 7) is 2.01. The predicted octanol–water partition coefficient (Wildman–Crippen LogP) is 6.45. The van der Waals surface area contributed by atoms with Crippen LogP contribution in [0.3, 0.4) is 0 Å². The molecule has 0 aliphatic heterocycles. The van der Waals surface area contributed by atoms with Crippen LogP contribution >= 0.6 is 23.5 Å². The van der Waals surface area contributed by atoms with Gasteiger partial charge in [0.2, 0.25) is 0 Å². The molecule has 2 nitrogen and oxygen atoms in total. The lowest BCUT2D eigenvalue weighted by Crippen LogP contribution is -2.17. The van der Waals surface area contributed by atoms with Gasteiger partial charge in [-0.15, -0.1) is 23.5 Å². The van der Waals surface area contributed by atoms with E-state index in [9.17, 15) is 13.2 Å². The third-order valence-electron chi connectivity index (χ3n) is 4.26. The quantitative estimate of drug-likeness (QED) is 0.318. The number of thioether (sulfide) groups is 2. The van der Waals surface area contributed by atoms with Gasteiger partial charge in [0.25, 0.3) is 0 Å². The third kappa shape index (κ3) is 7.26. The Kier molecular flexibility index (Phi) is 9.05. The minimum Gasteiger partial charge on any atom is -0.496 e. The summed E-state index contributed by atoms with van der Waals surface area (Å²) in [5, 5.41) is 0. The monoisotopic (exact) mass is 430 g/mol. The molecule has 154 valence electrons. The molecule has 0 bridgehead atoms. The highest BCUT2D eigenvalue weighted by atomic mass is 32.2. The Balaban J connectivity index is 1.92. The Bertz CT molecular complexity index is 733. The molecule has 0 saturated heterocycles. The summed E-state index contributed by atoms with van der Waals surface area (Å²) in [5.41, 5.74) is 1.35. The van der Waals surface area contributed by atoms with Gasteiger partial charge in [0.05, 0.1) is 24.7 Å². The molecular weight excluding hydrogens is 405 g/mol. The summed E-state index contributed by atoms with van der Waals surface area (Å²) >= 11 is 3.33. The van der Waals surface area contributed by atoms with E-state index in [0.717, 1.165) is 46.1 Å². The average Bonchev–Trinajstić information content (AvgIpc) is 2.67. The van der Waals surface area contributed by atoms with Crippen LogP contribution in [0.4, 0.5) is 13.2 Å². The molecule has 0 aliphatic carbocycles. The fourth-order valence-corrected chi connectivity index (χ4v) is 4.09. The minimum absolute atomic E-state index is 0.0298. The molecule has 7 heteroatoms. The third-order valence-corrected chi connectivity index (χ3v) is 5.76. The zero-order valence-electron chi connectivity index (χ0n) is 16.2. The number of hydrogen-bond acceptors (Lipinski definition) is 4. The molecule has 0 heterocycles. The van der Waals surface area contributed by atoms with E-state index in [1.54, 1.807) is 42.8 Å². The number of aryl methyl sites for hydroxylation is 2. The number of methoxy groups -OCH3 is 1. The Morgan fingerprint density at radius 3 is 2.36 bits per heavy atom. The largest absolute Gasteiger partial charge is 0.496 e. The number of rotatable bonds is 10. The van der Waals surface area contributed by atoms with Crippen LogP contribution in [0.1, 0.15) is 23.1 Å². The zero-order chi connectivity index (χ0) is 20.6. The maximum atomic E-state index is 12.7. The molecule has 2 aromatic carbocycles. The maximum Gasteiger partial charge on any atom is 0.416 e. The van der Waals surface area contributed by atoms with Gasteiger partial charge in [-0.25, -0.2) is 0 Å². The second kappa shape index (κ2) is 11.0. The summed E-state index contributed by atoms with van der Waals surface area (Å²) in [5.74, 6) is 2.24. The first-order chi connectivity index (χ1) is 13.3. The molecule has 0 spiro atoms. The van der Waals surface area contributed by atoms with Crippen molar-refractivity contribution in [2.75, 3.05) is 25.1 Å². The first-order valence-electron chi connectivity index (χ1n) is 8.87. The van der Waals surface area contributed by atoms with Crippen molar-refractivity contribution in [3.8, 4) is 5.75 Å². The first-order valence-corrected chi connectivity index (χ1v) is 11.3. The molecule has 2 aromatic rings. The minimum atomic E-state index is -4.30. The van der Waals surface area contributed by atoms with Crippen molar-refractivity contribution < 1.29 is 22.6 Å². The maximum absolute atomic E-state index is 12.7. The van der Waals surface area contributed by atoms with Crippen LogP contribution in [0, 0.1) is 6.92 Å². The second-order valence-corrected chi connectivity index (χ2v) is 8.28. The molecule has 1 atom stereocenters. The van der Waals surface area contributed by atoms with Crippen LogP contribution in [0.2, 0.25) is 0 Å². The van der Waals surface area contributed by atoms with Gasteiger partial charge < -0.3 is 9.47 Å². The fraction of sp³-hybridized carbons (Fsp3) is 0.429. The van der Waals surface area contributed by atoms with E-state index in [1.807, 2.05) is 25.3 Å². The summed E-state index contributed by atoms with van der Waals surface area (Å²) in [7, 11) is 1.66. The van der Waals surface area contributed by atoms with Crippen molar-refractivity contribution in [1.29, 1.82) is 0 Å². The van der Waals surface area contributed by atoms with Crippen LogP contribution in [0.25, 0.3) is 0 Å². The summed E-state index contributed by atoms with van der Waals surface area (Å²) < 4.78 is 49.2. The van der Waals surface area contributed by atoms with Gasteiger partial charge in [0.15, 0.2) is 0 Å². The van der Waals surface area contributed by atoms with Gasteiger partial charge in [-0.1, -0.05) is 12.1 Å². The van der Waals surface area contributed by atoms with Crippen molar-refractivity contribution in [2.24, 2.45) is 0 Å². The van der Waals surface area contributed by atoms with E-state index in [0.29, 0.717) is 12.4 Å². The van der Waals surface area contributed by atoms with E-state index in [2.05, 4.69) is 6.07 Å². The SMILES string of the molecule is COc1ccc(SCC(CCc2ccc(C(F)(F)F)cc2)OCSC)cc1C. The van der Waals surface area contributed by atoms with Crippen LogP contribution in [-0.2, 0) is 17.3 Å². The normalized spacial score (nSPS) is 12.8. The van der Waals surface area contributed by atoms with Gasteiger partial charge in [0, 0.05) is 10.6 Å². The van der Waals surface area contributed by atoms with Crippen molar-refractivity contribution in [3.05, 3.63) is 59.2 Å². The van der Waals surface area contributed by atoms with Gasteiger partial charge >= 0.3 is 6.18 Å². The first kappa shape index (κ1) is 23.0. The molecule has 0 saturated carbocycles. The molecule has 28 heavy (non-hydrogen) atoms. The van der Waals surface area contributed by atoms with E-state index in [4.69, 9.17) is 9.47 Å². The molecule has 0 aromatic heterocycles. The van der Waals surface area contributed by atoms with E-state index >= 15 is 0 Å². The van der Waals surface area contributed by atoms with Crippen molar-refractivity contribution in [1.82, 2.24) is 0 Å². The molecule has 2 rings (SSSR count). The number of benzene rings is 2. The Morgan fingerprint density at radius 2 is 1.79 bits per heavy atom. The standard InChI is InChI=1S/C21H25F3O2S2/c1-15-12-19(10-11-20(15)25-2)28-13-18(26-14-27-3)9-6-16-4-7-17(8-5-16)21(22,23)24/h4-5,7-8,10-12,18H,6,9,13-14H2,1-3H3. The van der Waals surface area contributed by atoms with Gasteiger partial charge in [-0.05, 0) is 67.5 Å². The number of halogens is 3. The molecule has 0 aliphatic rings. The predicted molar refractivity (Wildman–Crippen MR) is 111 cm³/mol. The van der Waals surface area contributed by atoms with E-state index < -0.39 is 11.7 Å². The number of ether oxygens (including phenoxy) is 2. The smallest absolute Gasteiger partial charge is 0.416 e. The topological polar surface area (TPSA) is 18.5 Å². The van der Waals surface area contributed by atoms with E-state index in [1.165, 1.54) is 0 Å². The summed E-state index contributed by atoms with van der Waals surface area (Å²) in [6, 6.07) is 11.5. The van der Waals surface area contributed by atoms with Crippen LogP contribution in [0.15, 0.2) is 47.4 Å². The van der Waals surface area contributed by atoms with Crippen LogP contribution in [0.5, 0.6) is 5.75 Å². The molecule has 0 amide bonds. The van der Waals surface area contributed by atoms with E-state index in [-0.39, 0.29) is 6.10 Å². The van der Waals surface area contributed by atoms with Crippen LogP contribution < -0.4 is 4.74 Å². The average molecular weight is 431 g/mol. The van der Waals surface area contributed by atoms with Crippen molar-refractivity contribution >= 4 is 23.5 Å². The second-order valence-electron chi connectivity index (χ2n) is 6.37. The highest BCUT2D eigenvalue weighted by Gasteiger charge is 2.29. The Morgan fingerprint density at radius 1 is 1.07 bits per heavy atom. The Labute approximate surface area is 173 Å². The van der Waals surface area contributed by atoms with Gasteiger partial charge in [0.1, 0.15) is 5.75 Å². The lowest BCUT2D eigenvalue weighted by Gasteiger charge is -2.18. The van der Waals surface area contributed by atoms with Crippen molar-refractivity contribution in [2.45, 2.75) is 36.9 Å².